The van der Waals surface area contributed by atoms with Crippen LogP contribution >= 0.6 is 0 Å². The Morgan fingerprint density at radius 1 is 1.18 bits per heavy atom. The van der Waals surface area contributed by atoms with Gasteiger partial charge in [0.1, 0.15) is 11.9 Å². The lowest BCUT2D eigenvalue weighted by molar-refractivity contribution is 0.226. The SMILES string of the molecule is CNc1ccc(OC(C)c2cccnc2)cc1. The number of nitrogens with zero attached hydrogens (tertiary/aromatic N) is 1. The van der Waals surface area contributed by atoms with Crippen LogP contribution in [0, 0.1) is 0 Å². The highest BCUT2D eigenvalue weighted by atomic mass is 16.5. The maximum atomic E-state index is 5.83. The van der Waals surface area contributed by atoms with Gasteiger partial charge in [0.2, 0.25) is 0 Å². The first-order valence-electron chi connectivity index (χ1n) is 5.64. The van der Waals surface area contributed by atoms with Crippen molar-refractivity contribution in [2.75, 3.05) is 12.4 Å². The van der Waals surface area contributed by atoms with Gasteiger partial charge in [-0.1, -0.05) is 6.07 Å². The van der Waals surface area contributed by atoms with E-state index in [4.69, 9.17) is 4.74 Å². The second-order valence-corrected chi connectivity index (χ2v) is 3.82. The van der Waals surface area contributed by atoms with E-state index < -0.39 is 0 Å². The zero-order valence-electron chi connectivity index (χ0n) is 10.1. The van der Waals surface area contributed by atoms with Crippen molar-refractivity contribution in [3.05, 3.63) is 54.4 Å². The molecule has 0 radical (unpaired) electrons. The van der Waals surface area contributed by atoms with Gasteiger partial charge in [0, 0.05) is 30.7 Å². The summed E-state index contributed by atoms with van der Waals surface area (Å²) in [7, 11) is 1.90. The van der Waals surface area contributed by atoms with E-state index in [0.717, 1.165) is 17.0 Å². The fourth-order valence-electron chi connectivity index (χ4n) is 1.59. The fourth-order valence-corrected chi connectivity index (χ4v) is 1.59. The summed E-state index contributed by atoms with van der Waals surface area (Å²) < 4.78 is 5.83. The molecule has 1 atom stereocenters. The Hall–Kier alpha value is -2.03. The molecule has 0 spiro atoms. The Labute approximate surface area is 101 Å². The molecule has 0 aliphatic heterocycles. The van der Waals surface area contributed by atoms with Crippen LogP contribution in [0.1, 0.15) is 18.6 Å². The molecule has 0 bridgehead atoms. The monoisotopic (exact) mass is 228 g/mol. The van der Waals surface area contributed by atoms with Crippen molar-refractivity contribution in [3.63, 3.8) is 0 Å². The molecule has 1 aromatic heterocycles. The van der Waals surface area contributed by atoms with Crippen molar-refractivity contribution in [1.82, 2.24) is 4.98 Å². The Kier molecular flexibility index (Phi) is 3.60. The number of benzene rings is 1. The Balaban J connectivity index is 2.05. The predicted octanol–water partition coefficient (Wildman–Crippen LogP) is 3.26. The maximum absolute atomic E-state index is 5.83. The van der Waals surface area contributed by atoms with Gasteiger partial charge in [-0.05, 0) is 37.3 Å². The first-order chi connectivity index (χ1) is 8.29. The molecule has 1 heterocycles. The van der Waals surface area contributed by atoms with Crippen molar-refractivity contribution in [3.8, 4) is 5.75 Å². The predicted molar refractivity (Wildman–Crippen MR) is 69.3 cm³/mol. The number of hydrogen-bond donors (Lipinski definition) is 1. The van der Waals surface area contributed by atoms with Crippen LogP contribution in [0.4, 0.5) is 5.69 Å². The summed E-state index contributed by atoms with van der Waals surface area (Å²) in [5.74, 6) is 0.861. The topological polar surface area (TPSA) is 34.1 Å². The molecule has 3 nitrogen and oxygen atoms in total. The quantitative estimate of drug-likeness (QED) is 0.872. The van der Waals surface area contributed by atoms with Gasteiger partial charge in [0.15, 0.2) is 0 Å². The Morgan fingerprint density at radius 2 is 1.94 bits per heavy atom. The fraction of sp³-hybridized carbons (Fsp3) is 0.214. The van der Waals surface area contributed by atoms with Crippen molar-refractivity contribution < 1.29 is 4.74 Å². The second-order valence-electron chi connectivity index (χ2n) is 3.82. The molecule has 0 saturated heterocycles. The maximum Gasteiger partial charge on any atom is 0.122 e. The first-order valence-corrected chi connectivity index (χ1v) is 5.64. The van der Waals surface area contributed by atoms with Gasteiger partial charge in [-0.25, -0.2) is 0 Å². The Bertz CT molecular complexity index is 453. The van der Waals surface area contributed by atoms with Gasteiger partial charge >= 0.3 is 0 Å². The van der Waals surface area contributed by atoms with Gasteiger partial charge < -0.3 is 10.1 Å². The van der Waals surface area contributed by atoms with Crippen molar-refractivity contribution in [2.24, 2.45) is 0 Å². The third-order valence-electron chi connectivity index (χ3n) is 2.61. The molecule has 0 amide bonds. The van der Waals surface area contributed by atoms with Crippen LogP contribution in [0.25, 0.3) is 0 Å². The van der Waals surface area contributed by atoms with Gasteiger partial charge in [-0.15, -0.1) is 0 Å². The summed E-state index contributed by atoms with van der Waals surface area (Å²) in [6, 6.07) is 11.8. The minimum absolute atomic E-state index is 0.00383. The largest absolute Gasteiger partial charge is 0.486 e. The van der Waals surface area contributed by atoms with Crippen LogP contribution in [0.15, 0.2) is 48.8 Å². The molecule has 17 heavy (non-hydrogen) atoms. The van der Waals surface area contributed by atoms with E-state index in [2.05, 4.69) is 10.3 Å². The minimum Gasteiger partial charge on any atom is -0.486 e. The molecule has 3 heteroatoms. The van der Waals surface area contributed by atoms with E-state index >= 15 is 0 Å². The minimum atomic E-state index is 0.00383. The molecule has 1 aromatic carbocycles. The summed E-state index contributed by atoms with van der Waals surface area (Å²) in [5.41, 5.74) is 2.15. The van der Waals surface area contributed by atoms with Crippen molar-refractivity contribution in [2.45, 2.75) is 13.0 Å². The summed E-state index contributed by atoms with van der Waals surface area (Å²) in [4.78, 5) is 4.08. The van der Waals surface area contributed by atoms with E-state index in [1.807, 2.05) is 56.6 Å². The molecule has 2 aromatic rings. The number of rotatable bonds is 4. The van der Waals surface area contributed by atoms with Crippen molar-refractivity contribution in [1.29, 1.82) is 0 Å². The van der Waals surface area contributed by atoms with E-state index in [0.29, 0.717) is 0 Å². The summed E-state index contributed by atoms with van der Waals surface area (Å²) >= 11 is 0. The smallest absolute Gasteiger partial charge is 0.122 e. The van der Waals surface area contributed by atoms with Gasteiger partial charge in [-0.2, -0.15) is 0 Å². The standard InChI is InChI=1S/C14H16N2O/c1-11(12-4-3-9-16-10-12)17-14-7-5-13(15-2)6-8-14/h3-11,15H,1-2H3. The summed E-state index contributed by atoms with van der Waals surface area (Å²) in [6.45, 7) is 2.02. The number of hydrogen-bond acceptors (Lipinski definition) is 3. The average Bonchev–Trinajstić information content (AvgIpc) is 2.40. The molecular formula is C14H16N2O. The average molecular weight is 228 g/mol. The third-order valence-corrected chi connectivity index (χ3v) is 2.61. The number of aromatic nitrogens is 1. The van der Waals surface area contributed by atoms with Crippen LogP contribution in [-0.4, -0.2) is 12.0 Å². The zero-order chi connectivity index (χ0) is 12.1. The lowest BCUT2D eigenvalue weighted by atomic mass is 10.2. The summed E-state index contributed by atoms with van der Waals surface area (Å²) in [5, 5.41) is 3.07. The molecule has 0 aliphatic rings. The van der Waals surface area contributed by atoms with Gasteiger partial charge in [0.05, 0.1) is 0 Å². The van der Waals surface area contributed by atoms with Crippen LogP contribution < -0.4 is 10.1 Å². The number of ether oxygens (including phenoxy) is 1. The van der Waals surface area contributed by atoms with Gasteiger partial charge in [-0.3, -0.25) is 4.98 Å². The second kappa shape index (κ2) is 5.34. The Morgan fingerprint density at radius 3 is 2.53 bits per heavy atom. The van der Waals surface area contributed by atoms with Crippen molar-refractivity contribution >= 4 is 5.69 Å². The normalized spacial score (nSPS) is 11.9. The van der Waals surface area contributed by atoms with E-state index in [1.165, 1.54) is 0 Å². The molecule has 0 saturated carbocycles. The molecule has 88 valence electrons. The molecule has 0 fully saturated rings. The highest BCUT2D eigenvalue weighted by molar-refractivity contribution is 5.45. The van der Waals surface area contributed by atoms with Crippen LogP contribution in [0.5, 0.6) is 5.75 Å². The van der Waals surface area contributed by atoms with Crippen LogP contribution in [-0.2, 0) is 0 Å². The number of pyridine rings is 1. The highest BCUT2D eigenvalue weighted by Crippen LogP contribution is 2.22. The molecule has 1 unspecified atom stereocenters. The third kappa shape index (κ3) is 2.97. The molecule has 2 rings (SSSR count). The molecular weight excluding hydrogens is 212 g/mol. The van der Waals surface area contributed by atoms with Gasteiger partial charge in [0.25, 0.3) is 0 Å². The number of nitrogens with one attached hydrogen (secondary N) is 1. The van der Waals surface area contributed by atoms with Crippen LogP contribution in [0.2, 0.25) is 0 Å². The molecule has 1 N–H and O–H groups in total. The van der Waals surface area contributed by atoms with Crippen LogP contribution in [0.3, 0.4) is 0 Å². The highest BCUT2D eigenvalue weighted by Gasteiger charge is 2.06. The number of anilines is 1. The molecule has 0 aliphatic carbocycles. The van der Waals surface area contributed by atoms with E-state index in [9.17, 15) is 0 Å². The lowest BCUT2D eigenvalue weighted by Crippen LogP contribution is -2.03. The van der Waals surface area contributed by atoms with E-state index in [1.54, 1.807) is 6.20 Å². The first kappa shape index (κ1) is 11.5. The lowest BCUT2D eigenvalue weighted by Gasteiger charge is -2.14. The van der Waals surface area contributed by atoms with E-state index in [-0.39, 0.29) is 6.10 Å². The zero-order valence-corrected chi connectivity index (χ0v) is 10.1. The summed E-state index contributed by atoms with van der Waals surface area (Å²) in [6.07, 6.45) is 3.59.